The number of para-hydroxylation sites is 4. The molecule has 13 aromatic rings. The van der Waals surface area contributed by atoms with Gasteiger partial charge in [0.05, 0.1) is 33.4 Å². The highest BCUT2D eigenvalue weighted by molar-refractivity contribution is 6.14. The number of rotatable bonds is 6. The minimum atomic E-state index is -0.256. The quantitative estimate of drug-likeness (QED) is 0.162. The maximum atomic E-state index is 2.51. The summed E-state index contributed by atoms with van der Waals surface area (Å²) in [6.45, 7) is 4.80. The molecule has 0 spiro atoms. The van der Waals surface area contributed by atoms with Crippen LogP contribution in [0.15, 0.2) is 237 Å². The topological polar surface area (TPSA) is 13.1 Å². The first-order chi connectivity index (χ1) is 33.5. The number of hydrogen-bond acceptors (Lipinski definition) is 1. The van der Waals surface area contributed by atoms with E-state index in [1.807, 2.05) is 0 Å². The van der Waals surface area contributed by atoms with Gasteiger partial charge in [0.25, 0.3) is 0 Å². The van der Waals surface area contributed by atoms with E-state index in [1.54, 1.807) is 0 Å². The standard InChI is InChI=1S/C65H45N3/c1-65(2)57-40-45(32-34-50(57)51-35-33-46(41-58(51)65)68-60-27-13-10-24-53(60)54-25-11-14-28-61(54)68)67(59-30-16-18-42-17-6-7-21-48(42)59)63-38-36-47(49-22-8-9-23-52(49)63)43-31-37-64-56(39-43)55-26-12-15-29-62(55)66(64)44-19-4-3-5-20-44/h3-41H,1-2H3. The van der Waals surface area contributed by atoms with Crippen LogP contribution in [0.3, 0.4) is 0 Å². The highest BCUT2D eigenvalue weighted by Gasteiger charge is 2.37. The van der Waals surface area contributed by atoms with Crippen molar-refractivity contribution in [1.82, 2.24) is 9.13 Å². The maximum absolute atomic E-state index is 2.51. The first-order valence-electron chi connectivity index (χ1n) is 23.7. The summed E-state index contributed by atoms with van der Waals surface area (Å²) in [7, 11) is 0. The molecule has 0 unspecified atom stereocenters. The Labute approximate surface area is 395 Å². The van der Waals surface area contributed by atoms with Gasteiger partial charge in [-0.2, -0.15) is 0 Å². The van der Waals surface area contributed by atoms with Crippen LogP contribution < -0.4 is 4.90 Å². The van der Waals surface area contributed by atoms with E-state index >= 15 is 0 Å². The Morgan fingerprint density at radius 2 is 0.838 bits per heavy atom. The molecule has 1 aliphatic carbocycles. The van der Waals surface area contributed by atoms with Crippen molar-refractivity contribution in [2.24, 2.45) is 0 Å². The number of nitrogens with zero attached hydrogens (tertiary/aromatic N) is 3. The zero-order valence-electron chi connectivity index (χ0n) is 37.9. The molecule has 11 aromatic carbocycles. The number of anilines is 3. The predicted octanol–water partition coefficient (Wildman–Crippen LogP) is 17.6. The molecule has 0 atom stereocenters. The van der Waals surface area contributed by atoms with Gasteiger partial charge in [0.2, 0.25) is 0 Å². The Hall–Kier alpha value is -8.66. The van der Waals surface area contributed by atoms with Crippen LogP contribution in [0.25, 0.3) is 98.8 Å². The first kappa shape index (κ1) is 38.6. The molecule has 0 N–H and O–H groups in total. The van der Waals surface area contributed by atoms with E-state index in [1.165, 1.54) is 104 Å². The second kappa shape index (κ2) is 14.7. The molecular weight excluding hydrogens is 823 g/mol. The number of benzene rings is 11. The maximum Gasteiger partial charge on any atom is 0.0541 e. The van der Waals surface area contributed by atoms with Gasteiger partial charge in [-0.3, -0.25) is 0 Å². The lowest BCUT2D eigenvalue weighted by Crippen LogP contribution is -2.17. The summed E-state index contributed by atoms with van der Waals surface area (Å²) >= 11 is 0. The largest absolute Gasteiger partial charge is 0.309 e. The van der Waals surface area contributed by atoms with Gasteiger partial charge in [0.15, 0.2) is 0 Å². The molecule has 0 bridgehead atoms. The third-order valence-corrected chi connectivity index (χ3v) is 14.9. The summed E-state index contributed by atoms with van der Waals surface area (Å²) in [5.41, 5.74) is 18.1. The molecule has 2 aromatic heterocycles. The summed E-state index contributed by atoms with van der Waals surface area (Å²) in [6.07, 6.45) is 0. The molecule has 0 radical (unpaired) electrons. The highest BCUT2D eigenvalue weighted by atomic mass is 15.1. The van der Waals surface area contributed by atoms with Gasteiger partial charge in [0, 0.05) is 54.8 Å². The van der Waals surface area contributed by atoms with Crippen LogP contribution >= 0.6 is 0 Å². The average Bonchev–Trinajstić information content (AvgIpc) is 3.99. The van der Waals surface area contributed by atoms with Crippen molar-refractivity contribution < 1.29 is 0 Å². The highest BCUT2D eigenvalue weighted by Crippen LogP contribution is 2.53. The Balaban J connectivity index is 0.934. The second-order valence-electron chi connectivity index (χ2n) is 18.9. The Morgan fingerprint density at radius 3 is 1.56 bits per heavy atom. The Kier molecular flexibility index (Phi) is 8.33. The molecule has 320 valence electrons. The van der Waals surface area contributed by atoms with Crippen LogP contribution in [0.1, 0.15) is 25.0 Å². The Morgan fingerprint density at radius 1 is 0.324 bits per heavy atom. The van der Waals surface area contributed by atoms with Gasteiger partial charge in [0.1, 0.15) is 0 Å². The van der Waals surface area contributed by atoms with Gasteiger partial charge in [-0.1, -0.05) is 172 Å². The fourth-order valence-corrected chi connectivity index (χ4v) is 11.7. The number of hydrogen-bond donors (Lipinski definition) is 0. The molecule has 3 heteroatoms. The zero-order chi connectivity index (χ0) is 45.1. The normalized spacial score (nSPS) is 13.0. The molecular formula is C65H45N3. The molecule has 0 saturated carbocycles. The van der Waals surface area contributed by atoms with Gasteiger partial charge in [-0.25, -0.2) is 0 Å². The monoisotopic (exact) mass is 867 g/mol. The minimum absolute atomic E-state index is 0.256. The average molecular weight is 868 g/mol. The third kappa shape index (κ3) is 5.60. The fourth-order valence-electron chi connectivity index (χ4n) is 11.7. The van der Waals surface area contributed by atoms with Crippen LogP contribution in [0.4, 0.5) is 17.1 Å². The SMILES string of the molecule is CC1(C)c2cc(N(c3cccc4ccccc34)c3ccc(-c4ccc5c(c4)c4ccccc4n5-c4ccccc4)c4ccccc34)ccc2-c2ccc(-n3c4ccccc4c4ccccc43)cc21. The van der Waals surface area contributed by atoms with Gasteiger partial charge < -0.3 is 14.0 Å². The molecule has 14 rings (SSSR count). The van der Waals surface area contributed by atoms with Crippen molar-refractivity contribution >= 4 is 82.2 Å². The summed E-state index contributed by atoms with van der Waals surface area (Å²) < 4.78 is 4.83. The van der Waals surface area contributed by atoms with Gasteiger partial charge in [-0.05, 0) is 123 Å². The van der Waals surface area contributed by atoms with Crippen molar-refractivity contribution in [2.45, 2.75) is 19.3 Å². The summed E-state index contributed by atoms with van der Waals surface area (Å²) in [5, 5.41) is 9.89. The first-order valence-corrected chi connectivity index (χ1v) is 23.7. The van der Waals surface area contributed by atoms with E-state index < -0.39 is 0 Å². The van der Waals surface area contributed by atoms with Crippen LogP contribution in [-0.2, 0) is 5.41 Å². The van der Waals surface area contributed by atoms with Crippen molar-refractivity contribution in [3.05, 3.63) is 248 Å². The lowest BCUT2D eigenvalue weighted by molar-refractivity contribution is 0.660. The van der Waals surface area contributed by atoms with Gasteiger partial charge >= 0.3 is 0 Å². The fraction of sp³-hybridized carbons (Fsp3) is 0.0462. The predicted molar refractivity (Wildman–Crippen MR) is 288 cm³/mol. The molecule has 0 saturated heterocycles. The molecule has 3 nitrogen and oxygen atoms in total. The molecule has 0 fully saturated rings. The van der Waals surface area contributed by atoms with Crippen LogP contribution in [0.2, 0.25) is 0 Å². The lowest BCUT2D eigenvalue weighted by Gasteiger charge is -2.30. The van der Waals surface area contributed by atoms with Crippen molar-refractivity contribution in [3.63, 3.8) is 0 Å². The van der Waals surface area contributed by atoms with Crippen molar-refractivity contribution in [1.29, 1.82) is 0 Å². The number of fused-ring (bicyclic) bond motifs is 11. The van der Waals surface area contributed by atoms with E-state index in [0.29, 0.717) is 0 Å². The minimum Gasteiger partial charge on any atom is -0.309 e. The lowest BCUT2D eigenvalue weighted by atomic mass is 9.82. The summed E-state index contributed by atoms with van der Waals surface area (Å²) in [5.74, 6) is 0. The summed E-state index contributed by atoms with van der Waals surface area (Å²) in [4.78, 5) is 2.51. The zero-order valence-corrected chi connectivity index (χ0v) is 37.9. The van der Waals surface area contributed by atoms with Crippen LogP contribution in [-0.4, -0.2) is 9.13 Å². The molecule has 0 amide bonds. The third-order valence-electron chi connectivity index (χ3n) is 14.9. The van der Waals surface area contributed by atoms with Gasteiger partial charge in [-0.15, -0.1) is 0 Å². The molecule has 68 heavy (non-hydrogen) atoms. The van der Waals surface area contributed by atoms with E-state index in [0.717, 1.165) is 22.7 Å². The van der Waals surface area contributed by atoms with Crippen LogP contribution in [0.5, 0.6) is 0 Å². The van der Waals surface area contributed by atoms with Crippen molar-refractivity contribution in [2.75, 3.05) is 4.90 Å². The van der Waals surface area contributed by atoms with Crippen molar-refractivity contribution in [3.8, 4) is 33.6 Å². The molecule has 0 aliphatic heterocycles. The molecule has 1 aliphatic rings. The number of aromatic nitrogens is 2. The second-order valence-corrected chi connectivity index (χ2v) is 18.9. The van der Waals surface area contributed by atoms with E-state index in [2.05, 4.69) is 264 Å². The smallest absolute Gasteiger partial charge is 0.0541 e. The van der Waals surface area contributed by atoms with Crippen LogP contribution in [0, 0.1) is 0 Å². The summed E-state index contributed by atoms with van der Waals surface area (Å²) in [6, 6.07) is 87.5. The van der Waals surface area contributed by atoms with E-state index in [-0.39, 0.29) is 5.41 Å². The molecule has 2 heterocycles. The van der Waals surface area contributed by atoms with E-state index in [4.69, 9.17) is 0 Å². The Bertz CT molecular complexity index is 4130. The van der Waals surface area contributed by atoms with E-state index in [9.17, 15) is 0 Å².